The molecule has 21 heavy (non-hydrogen) atoms. The summed E-state index contributed by atoms with van der Waals surface area (Å²) in [5.74, 6) is 0.0329. The lowest BCUT2D eigenvalue weighted by Gasteiger charge is -2.07. The molecule has 0 unspecified atom stereocenters. The van der Waals surface area contributed by atoms with Gasteiger partial charge in [-0.3, -0.25) is 4.79 Å². The minimum absolute atomic E-state index is 0.227. The molecule has 4 nitrogen and oxygen atoms in total. The lowest BCUT2D eigenvalue weighted by atomic mass is 10.1. The Hall–Kier alpha value is -1.88. The first-order valence-electron chi connectivity index (χ1n) is 6.84. The first-order chi connectivity index (χ1) is 10.2. The van der Waals surface area contributed by atoms with Crippen LogP contribution in [0.3, 0.4) is 0 Å². The number of nitrogens with zero attached hydrogens (tertiary/aromatic N) is 2. The molecule has 0 aliphatic heterocycles. The van der Waals surface area contributed by atoms with Gasteiger partial charge in [0.05, 0.1) is 18.1 Å². The van der Waals surface area contributed by atoms with Gasteiger partial charge in [0.25, 0.3) is 0 Å². The SMILES string of the molecule is CCOC(=O)CSc1cc(Cc2ccccc2)c(C)nn1. The van der Waals surface area contributed by atoms with Gasteiger partial charge in [0, 0.05) is 0 Å². The van der Waals surface area contributed by atoms with Gasteiger partial charge in [0.15, 0.2) is 0 Å². The number of hydrogen-bond acceptors (Lipinski definition) is 5. The summed E-state index contributed by atoms with van der Waals surface area (Å²) in [6, 6.07) is 12.2. The van der Waals surface area contributed by atoms with Crippen LogP contribution in [-0.4, -0.2) is 28.5 Å². The van der Waals surface area contributed by atoms with Crippen LogP contribution >= 0.6 is 11.8 Å². The van der Waals surface area contributed by atoms with Gasteiger partial charge in [0.1, 0.15) is 5.03 Å². The summed E-state index contributed by atoms with van der Waals surface area (Å²) in [7, 11) is 0. The van der Waals surface area contributed by atoms with Crippen LogP contribution in [0.25, 0.3) is 0 Å². The van der Waals surface area contributed by atoms with Crippen molar-refractivity contribution in [2.24, 2.45) is 0 Å². The fourth-order valence-electron chi connectivity index (χ4n) is 1.87. The summed E-state index contributed by atoms with van der Waals surface area (Å²) < 4.78 is 4.91. The number of carbonyl (C=O) groups is 1. The molecule has 0 aliphatic carbocycles. The van der Waals surface area contributed by atoms with Crippen molar-refractivity contribution in [3.8, 4) is 0 Å². The fraction of sp³-hybridized carbons (Fsp3) is 0.312. The predicted molar refractivity (Wildman–Crippen MR) is 83.4 cm³/mol. The van der Waals surface area contributed by atoms with Gasteiger partial charge >= 0.3 is 5.97 Å². The van der Waals surface area contributed by atoms with Crippen LogP contribution in [0.15, 0.2) is 41.4 Å². The van der Waals surface area contributed by atoms with Crippen molar-refractivity contribution in [3.63, 3.8) is 0 Å². The monoisotopic (exact) mass is 302 g/mol. The Morgan fingerprint density at radius 3 is 2.71 bits per heavy atom. The van der Waals surface area contributed by atoms with E-state index in [1.165, 1.54) is 17.3 Å². The lowest BCUT2D eigenvalue weighted by Crippen LogP contribution is -2.07. The van der Waals surface area contributed by atoms with Gasteiger partial charge in [-0.1, -0.05) is 42.1 Å². The smallest absolute Gasteiger partial charge is 0.316 e. The van der Waals surface area contributed by atoms with Crippen molar-refractivity contribution in [2.45, 2.75) is 25.3 Å². The van der Waals surface area contributed by atoms with E-state index < -0.39 is 0 Å². The number of benzene rings is 1. The van der Waals surface area contributed by atoms with E-state index in [0.29, 0.717) is 6.61 Å². The van der Waals surface area contributed by atoms with Crippen molar-refractivity contribution in [2.75, 3.05) is 12.4 Å². The summed E-state index contributed by atoms with van der Waals surface area (Å²) in [5.41, 5.74) is 3.27. The fourth-order valence-corrected chi connectivity index (χ4v) is 2.54. The zero-order valence-corrected chi connectivity index (χ0v) is 13.0. The van der Waals surface area contributed by atoms with Crippen LogP contribution in [0, 0.1) is 6.92 Å². The van der Waals surface area contributed by atoms with Gasteiger partial charge in [-0.05, 0) is 37.5 Å². The number of aryl methyl sites for hydroxylation is 1. The highest BCUT2D eigenvalue weighted by atomic mass is 32.2. The molecule has 1 aromatic heterocycles. The van der Waals surface area contributed by atoms with Gasteiger partial charge in [-0.15, -0.1) is 5.10 Å². The number of rotatable bonds is 6. The molecule has 0 N–H and O–H groups in total. The third kappa shape index (κ3) is 4.86. The minimum Gasteiger partial charge on any atom is -0.465 e. The summed E-state index contributed by atoms with van der Waals surface area (Å²) in [5, 5.41) is 9.04. The molecule has 0 atom stereocenters. The first kappa shape index (κ1) is 15.5. The van der Waals surface area contributed by atoms with Crippen molar-refractivity contribution < 1.29 is 9.53 Å². The molecule has 2 rings (SSSR count). The molecule has 0 radical (unpaired) electrons. The lowest BCUT2D eigenvalue weighted by molar-refractivity contribution is -0.139. The van der Waals surface area contributed by atoms with Crippen LogP contribution < -0.4 is 0 Å². The molecule has 0 amide bonds. The van der Waals surface area contributed by atoms with Gasteiger partial charge in [-0.25, -0.2) is 0 Å². The zero-order valence-electron chi connectivity index (χ0n) is 12.2. The second-order valence-electron chi connectivity index (χ2n) is 4.55. The van der Waals surface area contributed by atoms with E-state index in [0.717, 1.165) is 22.7 Å². The Morgan fingerprint density at radius 1 is 1.24 bits per heavy atom. The Balaban J connectivity index is 2.05. The highest BCUT2D eigenvalue weighted by Crippen LogP contribution is 2.19. The van der Waals surface area contributed by atoms with Crippen LogP contribution in [0.1, 0.15) is 23.7 Å². The number of ether oxygens (including phenoxy) is 1. The quantitative estimate of drug-likeness (QED) is 0.606. The van der Waals surface area contributed by atoms with Crippen LogP contribution in [0.5, 0.6) is 0 Å². The molecule has 1 aromatic carbocycles. The maximum atomic E-state index is 11.4. The van der Waals surface area contributed by atoms with E-state index in [1.807, 2.05) is 31.2 Å². The summed E-state index contributed by atoms with van der Waals surface area (Å²) in [6.07, 6.45) is 0.815. The largest absolute Gasteiger partial charge is 0.465 e. The molecular formula is C16H18N2O2S. The van der Waals surface area contributed by atoms with E-state index in [2.05, 4.69) is 22.3 Å². The van der Waals surface area contributed by atoms with Gasteiger partial charge in [-0.2, -0.15) is 5.10 Å². The molecular weight excluding hydrogens is 284 g/mol. The molecule has 0 aliphatic rings. The minimum atomic E-state index is -0.227. The van der Waals surface area contributed by atoms with Gasteiger partial charge in [0.2, 0.25) is 0 Å². The van der Waals surface area contributed by atoms with Gasteiger partial charge < -0.3 is 4.74 Å². The molecule has 110 valence electrons. The Labute approximate surface area is 128 Å². The molecule has 0 saturated heterocycles. The maximum absolute atomic E-state index is 11.4. The molecule has 0 spiro atoms. The van der Waals surface area contributed by atoms with Crippen LogP contribution in [-0.2, 0) is 16.0 Å². The van der Waals surface area contributed by atoms with Crippen molar-refractivity contribution in [1.29, 1.82) is 0 Å². The third-order valence-electron chi connectivity index (χ3n) is 2.94. The number of aromatic nitrogens is 2. The van der Waals surface area contributed by atoms with E-state index in [-0.39, 0.29) is 11.7 Å². The second kappa shape index (κ2) is 7.78. The van der Waals surface area contributed by atoms with Crippen molar-refractivity contribution >= 4 is 17.7 Å². The third-order valence-corrected chi connectivity index (χ3v) is 3.82. The topological polar surface area (TPSA) is 52.1 Å². The molecule has 0 fully saturated rings. The molecule has 2 aromatic rings. The standard InChI is InChI=1S/C16H18N2O2S/c1-3-20-16(19)11-21-15-10-14(12(2)17-18-15)9-13-7-5-4-6-8-13/h4-8,10H,3,9,11H2,1-2H3. The zero-order chi connectivity index (χ0) is 15.1. The summed E-state index contributed by atoms with van der Waals surface area (Å²) in [4.78, 5) is 11.4. The van der Waals surface area contributed by atoms with Crippen molar-refractivity contribution in [3.05, 3.63) is 53.2 Å². The Bertz CT molecular complexity index is 602. The van der Waals surface area contributed by atoms with Crippen LogP contribution in [0.4, 0.5) is 0 Å². The molecule has 5 heteroatoms. The van der Waals surface area contributed by atoms with E-state index in [1.54, 1.807) is 6.92 Å². The number of thioether (sulfide) groups is 1. The van der Waals surface area contributed by atoms with E-state index in [4.69, 9.17) is 4.74 Å². The molecule has 0 saturated carbocycles. The second-order valence-corrected chi connectivity index (χ2v) is 5.54. The van der Waals surface area contributed by atoms with E-state index >= 15 is 0 Å². The highest BCUT2D eigenvalue weighted by molar-refractivity contribution is 7.99. The molecule has 1 heterocycles. The highest BCUT2D eigenvalue weighted by Gasteiger charge is 2.08. The van der Waals surface area contributed by atoms with Crippen molar-refractivity contribution in [1.82, 2.24) is 10.2 Å². The average Bonchev–Trinajstić information content (AvgIpc) is 2.49. The first-order valence-corrected chi connectivity index (χ1v) is 7.83. The van der Waals surface area contributed by atoms with Crippen LogP contribution in [0.2, 0.25) is 0 Å². The maximum Gasteiger partial charge on any atom is 0.316 e. The predicted octanol–water partition coefficient (Wildman–Crippen LogP) is 3.03. The normalized spacial score (nSPS) is 10.4. The molecule has 0 bridgehead atoms. The number of hydrogen-bond donors (Lipinski definition) is 0. The number of esters is 1. The average molecular weight is 302 g/mol. The summed E-state index contributed by atoms with van der Waals surface area (Å²) >= 11 is 1.35. The van der Waals surface area contributed by atoms with E-state index in [9.17, 15) is 4.79 Å². The Kier molecular flexibility index (Phi) is 5.75. The number of carbonyl (C=O) groups excluding carboxylic acids is 1. The summed E-state index contributed by atoms with van der Waals surface area (Å²) in [6.45, 7) is 4.15. The Morgan fingerprint density at radius 2 is 2.00 bits per heavy atom.